The van der Waals surface area contributed by atoms with Crippen LogP contribution in [0.1, 0.15) is 5.56 Å². The SMILES string of the molecule is Cc1ccc(S(=O)(=O)N(CC(=O)Nc2cc(Cl)cc(Cl)c2)c2cccc(Br)c2)cc1. The van der Waals surface area contributed by atoms with Crippen LogP contribution in [0.4, 0.5) is 11.4 Å². The maximum Gasteiger partial charge on any atom is 0.264 e. The van der Waals surface area contributed by atoms with E-state index >= 15 is 0 Å². The van der Waals surface area contributed by atoms with Crippen molar-refractivity contribution >= 4 is 66.4 Å². The van der Waals surface area contributed by atoms with Crippen molar-refractivity contribution in [2.45, 2.75) is 11.8 Å². The maximum atomic E-state index is 13.3. The Morgan fingerprint density at radius 3 is 2.23 bits per heavy atom. The van der Waals surface area contributed by atoms with E-state index in [4.69, 9.17) is 23.2 Å². The summed E-state index contributed by atoms with van der Waals surface area (Å²) in [5.41, 5.74) is 1.65. The fraction of sp³-hybridized carbons (Fsp3) is 0.0952. The quantitative estimate of drug-likeness (QED) is 0.434. The van der Waals surface area contributed by atoms with Crippen LogP contribution >= 0.6 is 39.1 Å². The number of carbonyl (C=O) groups is 1. The molecule has 0 saturated heterocycles. The molecule has 0 radical (unpaired) electrons. The van der Waals surface area contributed by atoms with E-state index in [0.29, 0.717) is 25.9 Å². The van der Waals surface area contributed by atoms with Gasteiger partial charge in [0.05, 0.1) is 10.6 Å². The predicted molar refractivity (Wildman–Crippen MR) is 125 cm³/mol. The van der Waals surface area contributed by atoms with E-state index in [9.17, 15) is 13.2 Å². The molecule has 0 heterocycles. The Balaban J connectivity index is 1.95. The first kappa shape index (κ1) is 22.6. The molecule has 0 aromatic heterocycles. The standard InChI is InChI=1S/C21H17BrCl2N2O3S/c1-14-5-7-20(8-6-14)30(28,29)26(19-4-2-3-15(22)9-19)13-21(27)25-18-11-16(23)10-17(24)12-18/h2-12H,13H2,1H3,(H,25,27). The lowest BCUT2D eigenvalue weighted by molar-refractivity contribution is -0.114. The second-order valence-corrected chi connectivity index (χ2v) is 10.2. The molecule has 0 fully saturated rings. The zero-order valence-electron chi connectivity index (χ0n) is 15.8. The minimum absolute atomic E-state index is 0.0895. The summed E-state index contributed by atoms with van der Waals surface area (Å²) < 4.78 is 28.4. The van der Waals surface area contributed by atoms with Gasteiger partial charge >= 0.3 is 0 Å². The van der Waals surface area contributed by atoms with Crippen LogP contribution < -0.4 is 9.62 Å². The Morgan fingerprint density at radius 1 is 1.00 bits per heavy atom. The number of aryl methyl sites for hydroxylation is 1. The van der Waals surface area contributed by atoms with E-state index in [1.165, 1.54) is 30.3 Å². The summed E-state index contributed by atoms with van der Waals surface area (Å²) in [6.07, 6.45) is 0. The number of carbonyl (C=O) groups excluding carboxylic acids is 1. The summed E-state index contributed by atoms with van der Waals surface area (Å²) in [6.45, 7) is 1.43. The molecule has 0 aliphatic rings. The fourth-order valence-electron chi connectivity index (χ4n) is 2.74. The van der Waals surface area contributed by atoms with Gasteiger partial charge in [-0.05, 0) is 55.5 Å². The van der Waals surface area contributed by atoms with E-state index < -0.39 is 22.5 Å². The van der Waals surface area contributed by atoms with Crippen molar-refractivity contribution in [3.05, 3.63) is 86.8 Å². The highest BCUT2D eigenvalue weighted by atomic mass is 79.9. The van der Waals surface area contributed by atoms with Crippen molar-refractivity contribution in [1.29, 1.82) is 0 Å². The number of amides is 1. The van der Waals surface area contributed by atoms with Gasteiger partial charge in [0.15, 0.2) is 0 Å². The molecular weight excluding hydrogens is 511 g/mol. The molecule has 0 spiro atoms. The van der Waals surface area contributed by atoms with Crippen LogP contribution in [0, 0.1) is 6.92 Å². The van der Waals surface area contributed by atoms with Gasteiger partial charge in [-0.15, -0.1) is 0 Å². The molecule has 1 N–H and O–H groups in total. The Kier molecular flexibility index (Phi) is 7.08. The Morgan fingerprint density at radius 2 is 1.63 bits per heavy atom. The number of hydrogen-bond acceptors (Lipinski definition) is 3. The van der Waals surface area contributed by atoms with Crippen LogP contribution in [0.15, 0.2) is 76.1 Å². The molecule has 156 valence electrons. The highest BCUT2D eigenvalue weighted by molar-refractivity contribution is 9.10. The molecule has 1 amide bonds. The number of benzene rings is 3. The summed E-state index contributed by atoms with van der Waals surface area (Å²) in [5, 5.41) is 3.36. The molecular formula is C21H17BrCl2N2O3S. The molecule has 3 rings (SSSR count). The number of anilines is 2. The summed E-state index contributed by atoms with van der Waals surface area (Å²) in [4.78, 5) is 12.8. The number of sulfonamides is 1. The van der Waals surface area contributed by atoms with Gasteiger partial charge in [-0.2, -0.15) is 0 Å². The summed E-state index contributed by atoms with van der Waals surface area (Å²) >= 11 is 15.3. The van der Waals surface area contributed by atoms with E-state index in [-0.39, 0.29) is 4.90 Å². The van der Waals surface area contributed by atoms with Gasteiger partial charge in [-0.1, -0.05) is 62.9 Å². The number of nitrogens with one attached hydrogen (secondary N) is 1. The van der Waals surface area contributed by atoms with Gasteiger partial charge in [-0.25, -0.2) is 8.42 Å². The first-order valence-corrected chi connectivity index (χ1v) is 11.7. The molecule has 0 saturated carbocycles. The van der Waals surface area contributed by atoms with Crippen LogP contribution in [-0.2, 0) is 14.8 Å². The molecule has 0 aliphatic heterocycles. The topological polar surface area (TPSA) is 66.5 Å². The van der Waals surface area contributed by atoms with Crippen LogP contribution in [-0.4, -0.2) is 20.9 Å². The second-order valence-electron chi connectivity index (χ2n) is 6.51. The Hall–Kier alpha value is -2.06. The summed E-state index contributed by atoms with van der Waals surface area (Å²) in [5.74, 6) is -0.538. The van der Waals surface area contributed by atoms with Gasteiger partial charge in [0.1, 0.15) is 6.54 Å². The zero-order chi connectivity index (χ0) is 21.9. The smallest absolute Gasteiger partial charge is 0.264 e. The third-order valence-electron chi connectivity index (χ3n) is 4.14. The largest absolute Gasteiger partial charge is 0.324 e. The molecule has 30 heavy (non-hydrogen) atoms. The van der Waals surface area contributed by atoms with E-state index in [1.54, 1.807) is 36.4 Å². The Labute approximate surface area is 193 Å². The lowest BCUT2D eigenvalue weighted by atomic mass is 10.2. The number of rotatable bonds is 6. The number of halogens is 3. The number of hydrogen-bond donors (Lipinski definition) is 1. The monoisotopic (exact) mass is 526 g/mol. The van der Waals surface area contributed by atoms with Crippen LogP contribution in [0.25, 0.3) is 0 Å². The molecule has 3 aromatic rings. The molecule has 0 unspecified atom stereocenters. The predicted octanol–water partition coefficient (Wildman–Crippen LogP) is 5.90. The highest BCUT2D eigenvalue weighted by Crippen LogP contribution is 2.27. The first-order chi connectivity index (χ1) is 14.1. The van der Waals surface area contributed by atoms with Crippen molar-refractivity contribution in [2.24, 2.45) is 0 Å². The van der Waals surface area contributed by atoms with Crippen molar-refractivity contribution in [3.63, 3.8) is 0 Å². The molecule has 0 atom stereocenters. The molecule has 0 aliphatic carbocycles. The lowest BCUT2D eigenvalue weighted by Gasteiger charge is -2.24. The summed E-state index contributed by atoms with van der Waals surface area (Å²) in [6, 6.07) is 17.8. The van der Waals surface area contributed by atoms with E-state index in [2.05, 4.69) is 21.2 Å². The minimum atomic E-state index is -3.99. The highest BCUT2D eigenvalue weighted by Gasteiger charge is 2.27. The normalized spacial score (nSPS) is 11.2. The van der Waals surface area contributed by atoms with Crippen LogP contribution in [0.2, 0.25) is 10.0 Å². The third-order valence-corrected chi connectivity index (χ3v) is 6.86. The number of nitrogens with zero attached hydrogens (tertiary/aromatic N) is 1. The molecule has 5 nitrogen and oxygen atoms in total. The van der Waals surface area contributed by atoms with Crippen molar-refractivity contribution in [2.75, 3.05) is 16.2 Å². The molecule has 9 heteroatoms. The fourth-order valence-corrected chi connectivity index (χ4v) is 5.07. The van der Waals surface area contributed by atoms with Crippen molar-refractivity contribution in [3.8, 4) is 0 Å². The van der Waals surface area contributed by atoms with Crippen LogP contribution in [0.3, 0.4) is 0 Å². The van der Waals surface area contributed by atoms with Gasteiger partial charge in [0.2, 0.25) is 5.91 Å². The van der Waals surface area contributed by atoms with Gasteiger partial charge in [0.25, 0.3) is 10.0 Å². The first-order valence-electron chi connectivity index (χ1n) is 8.76. The van der Waals surface area contributed by atoms with Gasteiger partial charge in [-0.3, -0.25) is 9.10 Å². The molecule has 0 bridgehead atoms. The van der Waals surface area contributed by atoms with E-state index in [0.717, 1.165) is 9.87 Å². The van der Waals surface area contributed by atoms with Gasteiger partial charge in [0, 0.05) is 20.2 Å². The maximum absolute atomic E-state index is 13.3. The average molecular weight is 528 g/mol. The van der Waals surface area contributed by atoms with E-state index in [1.807, 2.05) is 6.92 Å². The minimum Gasteiger partial charge on any atom is -0.324 e. The Bertz CT molecular complexity index is 1160. The average Bonchev–Trinajstić information content (AvgIpc) is 2.65. The van der Waals surface area contributed by atoms with Crippen molar-refractivity contribution < 1.29 is 13.2 Å². The molecule has 3 aromatic carbocycles. The summed E-state index contributed by atoms with van der Waals surface area (Å²) in [7, 11) is -3.99. The van der Waals surface area contributed by atoms with Gasteiger partial charge < -0.3 is 5.32 Å². The van der Waals surface area contributed by atoms with Crippen LogP contribution in [0.5, 0.6) is 0 Å². The van der Waals surface area contributed by atoms with Crippen molar-refractivity contribution in [1.82, 2.24) is 0 Å². The zero-order valence-corrected chi connectivity index (χ0v) is 19.7. The third kappa shape index (κ3) is 5.55. The second kappa shape index (κ2) is 9.39. The lowest BCUT2D eigenvalue weighted by Crippen LogP contribution is -2.38.